The number of rotatable bonds is 5. The Balaban J connectivity index is 1.60. The van der Waals surface area contributed by atoms with Crippen molar-refractivity contribution in [1.82, 2.24) is 10.2 Å². The molecule has 1 aromatic heterocycles. The van der Waals surface area contributed by atoms with Gasteiger partial charge in [-0.25, -0.2) is 0 Å². The van der Waals surface area contributed by atoms with Gasteiger partial charge < -0.3 is 10.2 Å². The van der Waals surface area contributed by atoms with Crippen LogP contribution in [0.1, 0.15) is 24.8 Å². The standard InChI is InChI=1S/C13H22N2S/c1-15-8-3-2-4-13(15)10-14-7-5-12-6-9-16-11-12/h6,9,11,13-14H,2-5,7-8,10H2,1H3. The highest BCUT2D eigenvalue weighted by atomic mass is 32.1. The minimum atomic E-state index is 0.760. The van der Waals surface area contributed by atoms with Gasteiger partial charge >= 0.3 is 0 Å². The van der Waals surface area contributed by atoms with Gasteiger partial charge in [-0.15, -0.1) is 0 Å². The summed E-state index contributed by atoms with van der Waals surface area (Å²) in [4.78, 5) is 2.50. The summed E-state index contributed by atoms with van der Waals surface area (Å²) in [6, 6.07) is 2.98. The Morgan fingerprint density at radius 2 is 2.44 bits per heavy atom. The van der Waals surface area contributed by atoms with E-state index >= 15 is 0 Å². The van der Waals surface area contributed by atoms with Crippen LogP contribution in [0.2, 0.25) is 0 Å². The predicted molar refractivity (Wildman–Crippen MR) is 71.2 cm³/mol. The quantitative estimate of drug-likeness (QED) is 0.792. The van der Waals surface area contributed by atoms with Crippen LogP contribution in [-0.2, 0) is 6.42 Å². The lowest BCUT2D eigenvalue weighted by Crippen LogP contribution is -2.43. The molecule has 1 saturated heterocycles. The smallest absolute Gasteiger partial charge is 0.0217 e. The second kappa shape index (κ2) is 6.38. The Bertz CT molecular complexity index is 284. The Morgan fingerprint density at radius 1 is 1.50 bits per heavy atom. The van der Waals surface area contributed by atoms with E-state index in [2.05, 4.69) is 34.1 Å². The first kappa shape index (κ1) is 12.1. The zero-order chi connectivity index (χ0) is 11.2. The molecule has 2 nitrogen and oxygen atoms in total. The summed E-state index contributed by atoms with van der Waals surface area (Å²) in [5, 5.41) is 7.99. The van der Waals surface area contributed by atoms with Crippen molar-refractivity contribution in [2.75, 3.05) is 26.7 Å². The minimum Gasteiger partial charge on any atom is -0.315 e. The molecule has 0 saturated carbocycles. The first-order chi connectivity index (χ1) is 7.86. The fourth-order valence-corrected chi connectivity index (χ4v) is 3.04. The normalized spacial score (nSPS) is 22.4. The monoisotopic (exact) mass is 238 g/mol. The lowest BCUT2D eigenvalue weighted by atomic mass is 10.0. The summed E-state index contributed by atoms with van der Waals surface area (Å²) in [7, 11) is 2.25. The fourth-order valence-electron chi connectivity index (χ4n) is 2.34. The second-order valence-electron chi connectivity index (χ2n) is 4.72. The highest BCUT2D eigenvalue weighted by Crippen LogP contribution is 2.14. The van der Waals surface area contributed by atoms with Crippen molar-refractivity contribution in [1.29, 1.82) is 0 Å². The molecule has 0 radical (unpaired) electrons. The van der Waals surface area contributed by atoms with Crippen LogP contribution in [0.4, 0.5) is 0 Å². The van der Waals surface area contributed by atoms with Crippen LogP contribution in [0.15, 0.2) is 16.8 Å². The zero-order valence-electron chi connectivity index (χ0n) is 10.1. The van der Waals surface area contributed by atoms with Crippen molar-refractivity contribution in [2.45, 2.75) is 31.7 Å². The van der Waals surface area contributed by atoms with Crippen LogP contribution >= 0.6 is 11.3 Å². The number of nitrogens with one attached hydrogen (secondary N) is 1. The third kappa shape index (κ3) is 3.58. The van der Waals surface area contributed by atoms with Crippen molar-refractivity contribution in [3.8, 4) is 0 Å². The van der Waals surface area contributed by atoms with Crippen LogP contribution in [0, 0.1) is 0 Å². The van der Waals surface area contributed by atoms with Gasteiger partial charge in [0.05, 0.1) is 0 Å². The highest BCUT2D eigenvalue weighted by Gasteiger charge is 2.17. The fraction of sp³-hybridized carbons (Fsp3) is 0.692. The van der Waals surface area contributed by atoms with Gasteiger partial charge in [-0.1, -0.05) is 6.42 Å². The van der Waals surface area contributed by atoms with Crippen molar-refractivity contribution in [3.63, 3.8) is 0 Å². The summed E-state index contributed by atoms with van der Waals surface area (Å²) >= 11 is 1.79. The lowest BCUT2D eigenvalue weighted by Gasteiger charge is -2.32. The van der Waals surface area contributed by atoms with E-state index < -0.39 is 0 Å². The van der Waals surface area contributed by atoms with Gasteiger partial charge in [0.15, 0.2) is 0 Å². The Hall–Kier alpha value is -0.380. The Labute approximate surface area is 103 Å². The molecule has 1 N–H and O–H groups in total. The van der Waals surface area contributed by atoms with Crippen molar-refractivity contribution in [2.24, 2.45) is 0 Å². The maximum Gasteiger partial charge on any atom is 0.0217 e. The summed E-state index contributed by atoms with van der Waals surface area (Å²) in [5.41, 5.74) is 1.47. The van der Waals surface area contributed by atoms with Gasteiger partial charge in [-0.2, -0.15) is 11.3 Å². The summed E-state index contributed by atoms with van der Waals surface area (Å²) in [6.45, 7) is 3.54. The SMILES string of the molecule is CN1CCCCC1CNCCc1ccsc1. The number of likely N-dealkylation sites (N-methyl/N-ethyl adjacent to an activating group) is 1. The largest absolute Gasteiger partial charge is 0.315 e. The highest BCUT2D eigenvalue weighted by molar-refractivity contribution is 7.07. The molecule has 2 heterocycles. The molecule has 0 amide bonds. The van der Waals surface area contributed by atoms with E-state index in [-0.39, 0.29) is 0 Å². The first-order valence-corrected chi connectivity index (χ1v) is 7.22. The summed E-state index contributed by atoms with van der Waals surface area (Å²) in [6.07, 6.45) is 5.31. The van der Waals surface area contributed by atoms with E-state index in [1.54, 1.807) is 11.3 Å². The van der Waals surface area contributed by atoms with Gasteiger partial charge in [-0.05, 0) is 61.8 Å². The second-order valence-corrected chi connectivity index (χ2v) is 5.50. The van der Waals surface area contributed by atoms with E-state index in [1.165, 1.54) is 37.8 Å². The van der Waals surface area contributed by atoms with Crippen LogP contribution in [0.5, 0.6) is 0 Å². The van der Waals surface area contributed by atoms with Crippen molar-refractivity contribution >= 4 is 11.3 Å². The van der Waals surface area contributed by atoms with E-state index in [4.69, 9.17) is 0 Å². The maximum absolute atomic E-state index is 3.59. The molecule has 1 atom stereocenters. The number of hydrogen-bond donors (Lipinski definition) is 1. The molecule has 0 spiro atoms. The van der Waals surface area contributed by atoms with Gasteiger partial charge in [0.2, 0.25) is 0 Å². The molecule has 1 unspecified atom stereocenters. The molecule has 0 aliphatic carbocycles. The molecular formula is C13H22N2S. The van der Waals surface area contributed by atoms with Crippen LogP contribution < -0.4 is 5.32 Å². The van der Waals surface area contributed by atoms with Gasteiger partial charge in [-0.3, -0.25) is 0 Å². The molecule has 0 bridgehead atoms. The molecule has 1 aromatic rings. The van der Waals surface area contributed by atoms with Crippen molar-refractivity contribution in [3.05, 3.63) is 22.4 Å². The lowest BCUT2D eigenvalue weighted by molar-refractivity contribution is 0.182. The third-order valence-electron chi connectivity index (χ3n) is 3.47. The molecule has 90 valence electrons. The van der Waals surface area contributed by atoms with E-state index in [0.29, 0.717) is 0 Å². The van der Waals surface area contributed by atoms with Crippen LogP contribution in [0.25, 0.3) is 0 Å². The molecule has 1 fully saturated rings. The van der Waals surface area contributed by atoms with Gasteiger partial charge in [0.1, 0.15) is 0 Å². The molecular weight excluding hydrogens is 216 g/mol. The third-order valence-corrected chi connectivity index (χ3v) is 4.20. The number of hydrogen-bond acceptors (Lipinski definition) is 3. The minimum absolute atomic E-state index is 0.760. The molecule has 16 heavy (non-hydrogen) atoms. The number of piperidine rings is 1. The molecule has 3 heteroatoms. The first-order valence-electron chi connectivity index (χ1n) is 6.28. The van der Waals surface area contributed by atoms with E-state index in [1.807, 2.05) is 0 Å². The van der Waals surface area contributed by atoms with E-state index in [9.17, 15) is 0 Å². The average molecular weight is 238 g/mol. The molecule has 2 rings (SSSR count). The molecule has 1 aliphatic heterocycles. The van der Waals surface area contributed by atoms with Gasteiger partial charge in [0.25, 0.3) is 0 Å². The van der Waals surface area contributed by atoms with Crippen LogP contribution in [0.3, 0.4) is 0 Å². The number of nitrogens with zero attached hydrogens (tertiary/aromatic N) is 1. The molecule has 0 aromatic carbocycles. The van der Waals surface area contributed by atoms with Gasteiger partial charge in [0, 0.05) is 12.6 Å². The Kier molecular flexibility index (Phi) is 4.82. The van der Waals surface area contributed by atoms with Crippen molar-refractivity contribution < 1.29 is 0 Å². The average Bonchev–Trinajstić information content (AvgIpc) is 2.79. The zero-order valence-corrected chi connectivity index (χ0v) is 10.9. The van der Waals surface area contributed by atoms with E-state index in [0.717, 1.165) is 19.1 Å². The maximum atomic E-state index is 3.59. The Morgan fingerprint density at radius 3 is 3.19 bits per heavy atom. The van der Waals surface area contributed by atoms with Crippen LogP contribution in [-0.4, -0.2) is 37.6 Å². The predicted octanol–water partition coefficient (Wildman–Crippen LogP) is 2.36. The molecule has 1 aliphatic rings. The summed E-state index contributed by atoms with van der Waals surface area (Å²) in [5.74, 6) is 0. The topological polar surface area (TPSA) is 15.3 Å². The number of likely N-dealkylation sites (tertiary alicyclic amines) is 1. The summed E-state index contributed by atoms with van der Waals surface area (Å²) < 4.78 is 0. The number of thiophene rings is 1.